The number of benzene rings is 1. The molecule has 0 radical (unpaired) electrons. The summed E-state index contributed by atoms with van der Waals surface area (Å²) in [5.41, 5.74) is 0.511. The summed E-state index contributed by atoms with van der Waals surface area (Å²) in [4.78, 5) is 25.1. The Kier molecular flexibility index (Phi) is 5.95. The Balaban J connectivity index is 2.66. The van der Waals surface area contributed by atoms with E-state index in [1.165, 1.54) is 17.0 Å². The van der Waals surface area contributed by atoms with Gasteiger partial charge in [-0.3, -0.25) is 9.59 Å². The molecule has 0 heterocycles. The summed E-state index contributed by atoms with van der Waals surface area (Å²) < 4.78 is 13.3. The zero-order chi connectivity index (χ0) is 15.3. The van der Waals surface area contributed by atoms with Crippen molar-refractivity contribution in [3.8, 4) is 0 Å². The third-order valence-electron chi connectivity index (χ3n) is 2.83. The molecule has 0 aliphatic carbocycles. The van der Waals surface area contributed by atoms with Gasteiger partial charge in [0, 0.05) is 14.1 Å². The van der Waals surface area contributed by atoms with Gasteiger partial charge in [-0.2, -0.15) is 0 Å². The molecule has 0 saturated carbocycles. The molecule has 0 fully saturated rings. The van der Waals surface area contributed by atoms with Gasteiger partial charge < -0.3 is 10.2 Å². The van der Waals surface area contributed by atoms with E-state index in [-0.39, 0.29) is 23.3 Å². The molecule has 6 heteroatoms. The van der Waals surface area contributed by atoms with Crippen molar-refractivity contribution < 1.29 is 14.0 Å². The highest BCUT2D eigenvalue weighted by atomic mass is 35.5. The van der Waals surface area contributed by atoms with Crippen molar-refractivity contribution in [2.24, 2.45) is 0 Å². The second kappa shape index (κ2) is 7.24. The standard InChI is InChI=1S/C14H18ClFN2O2/c1-4-12(14(20)18(2)3)17-13(19)8-9-5-6-10(15)11(16)7-9/h5-7,12H,4,8H2,1-3H3,(H,17,19)/t12-/m1/s1. The van der Waals surface area contributed by atoms with Crippen LogP contribution in [0, 0.1) is 5.82 Å². The van der Waals surface area contributed by atoms with E-state index in [0.29, 0.717) is 12.0 Å². The Bertz CT molecular complexity index is 506. The SMILES string of the molecule is CC[C@@H](NC(=O)Cc1ccc(Cl)c(F)c1)C(=O)N(C)C. The number of hydrogen-bond acceptors (Lipinski definition) is 2. The first kappa shape index (κ1) is 16.4. The summed E-state index contributed by atoms with van der Waals surface area (Å²) in [6.07, 6.45) is 0.503. The minimum absolute atomic E-state index is 0.00526. The molecule has 0 unspecified atom stereocenters. The smallest absolute Gasteiger partial charge is 0.244 e. The van der Waals surface area contributed by atoms with Crippen molar-refractivity contribution in [3.05, 3.63) is 34.6 Å². The second-order valence-corrected chi connectivity index (χ2v) is 5.09. The van der Waals surface area contributed by atoms with Gasteiger partial charge in [0.15, 0.2) is 0 Å². The average molecular weight is 301 g/mol. The number of rotatable bonds is 5. The maximum atomic E-state index is 13.3. The molecule has 1 N–H and O–H groups in total. The summed E-state index contributed by atoms with van der Waals surface area (Å²) in [5.74, 6) is -1.05. The molecule has 0 spiro atoms. The molecule has 0 aromatic heterocycles. The lowest BCUT2D eigenvalue weighted by Crippen LogP contribution is -2.46. The van der Waals surface area contributed by atoms with E-state index in [1.54, 1.807) is 20.2 Å². The fourth-order valence-corrected chi connectivity index (χ4v) is 1.85. The number of halogens is 2. The van der Waals surface area contributed by atoms with Crippen LogP contribution in [0.25, 0.3) is 0 Å². The molecule has 4 nitrogen and oxygen atoms in total. The highest BCUT2D eigenvalue weighted by Gasteiger charge is 2.20. The molecular formula is C14H18ClFN2O2. The van der Waals surface area contributed by atoms with Crippen LogP contribution in [0.2, 0.25) is 5.02 Å². The first-order chi connectivity index (χ1) is 9.35. The van der Waals surface area contributed by atoms with Gasteiger partial charge in [-0.15, -0.1) is 0 Å². The van der Waals surface area contributed by atoms with Gasteiger partial charge in [0.2, 0.25) is 11.8 Å². The van der Waals surface area contributed by atoms with Crippen LogP contribution in [0.1, 0.15) is 18.9 Å². The van der Waals surface area contributed by atoms with Crippen molar-refractivity contribution in [2.75, 3.05) is 14.1 Å². The van der Waals surface area contributed by atoms with Gasteiger partial charge in [-0.05, 0) is 24.1 Å². The fraction of sp³-hybridized carbons (Fsp3) is 0.429. The van der Waals surface area contributed by atoms with E-state index in [9.17, 15) is 14.0 Å². The molecule has 1 rings (SSSR count). The van der Waals surface area contributed by atoms with Crippen molar-refractivity contribution in [1.29, 1.82) is 0 Å². The van der Waals surface area contributed by atoms with E-state index in [1.807, 2.05) is 6.92 Å². The van der Waals surface area contributed by atoms with Crippen LogP contribution in [-0.2, 0) is 16.0 Å². The second-order valence-electron chi connectivity index (χ2n) is 4.69. The number of carbonyl (C=O) groups excluding carboxylic acids is 2. The third kappa shape index (κ3) is 4.49. The summed E-state index contributed by atoms with van der Waals surface area (Å²) >= 11 is 5.57. The van der Waals surface area contributed by atoms with Gasteiger partial charge in [-0.1, -0.05) is 24.6 Å². The van der Waals surface area contributed by atoms with Crippen LogP contribution in [0.15, 0.2) is 18.2 Å². The fourth-order valence-electron chi connectivity index (χ4n) is 1.73. The first-order valence-corrected chi connectivity index (χ1v) is 6.67. The molecule has 2 amide bonds. The minimum atomic E-state index is -0.562. The highest BCUT2D eigenvalue weighted by molar-refractivity contribution is 6.30. The van der Waals surface area contributed by atoms with E-state index in [2.05, 4.69) is 5.32 Å². The maximum Gasteiger partial charge on any atom is 0.244 e. The van der Waals surface area contributed by atoms with Crippen LogP contribution in [-0.4, -0.2) is 36.9 Å². The topological polar surface area (TPSA) is 49.4 Å². The number of amides is 2. The summed E-state index contributed by atoms with van der Waals surface area (Å²) in [7, 11) is 3.26. The Morgan fingerprint density at radius 2 is 2.05 bits per heavy atom. The highest BCUT2D eigenvalue weighted by Crippen LogP contribution is 2.15. The lowest BCUT2D eigenvalue weighted by atomic mass is 10.1. The predicted octanol–water partition coefficient (Wildman–Crippen LogP) is 2.00. The Morgan fingerprint density at radius 1 is 1.40 bits per heavy atom. The lowest BCUT2D eigenvalue weighted by molar-refractivity contribution is -0.134. The normalized spacial score (nSPS) is 11.8. The molecule has 1 aromatic rings. The molecule has 0 saturated heterocycles. The quantitative estimate of drug-likeness (QED) is 0.904. The van der Waals surface area contributed by atoms with E-state index in [0.717, 1.165) is 0 Å². The molecular weight excluding hydrogens is 283 g/mol. The largest absolute Gasteiger partial charge is 0.347 e. The Morgan fingerprint density at radius 3 is 2.55 bits per heavy atom. The van der Waals surface area contributed by atoms with Crippen molar-refractivity contribution >= 4 is 23.4 Å². The monoisotopic (exact) mass is 300 g/mol. The molecule has 110 valence electrons. The van der Waals surface area contributed by atoms with E-state index < -0.39 is 11.9 Å². The van der Waals surface area contributed by atoms with E-state index >= 15 is 0 Å². The molecule has 1 aromatic carbocycles. The molecule has 0 aliphatic heterocycles. The summed E-state index contributed by atoms with van der Waals surface area (Å²) in [6.45, 7) is 1.81. The average Bonchev–Trinajstić information content (AvgIpc) is 2.39. The van der Waals surface area contributed by atoms with Crippen molar-refractivity contribution in [1.82, 2.24) is 10.2 Å². The first-order valence-electron chi connectivity index (χ1n) is 6.29. The van der Waals surface area contributed by atoms with Crippen LogP contribution in [0.4, 0.5) is 4.39 Å². The minimum Gasteiger partial charge on any atom is -0.347 e. The zero-order valence-electron chi connectivity index (χ0n) is 11.7. The van der Waals surface area contributed by atoms with E-state index in [4.69, 9.17) is 11.6 Å². The number of nitrogens with zero attached hydrogens (tertiary/aromatic N) is 1. The number of nitrogens with one attached hydrogen (secondary N) is 1. The predicted molar refractivity (Wildman–Crippen MR) is 76.0 cm³/mol. The van der Waals surface area contributed by atoms with Crippen molar-refractivity contribution in [3.63, 3.8) is 0 Å². The van der Waals surface area contributed by atoms with Gasteiger partial charge in [-0.25, -0.2) is 4.39 Å². The van der Waals surface area contributed by atoms with Crippen LogP contribution in [0.3, 0.4) is 0 Å². The Hall–Kier alpha value is -1.62. The van der Waals surface area contributed by atoms with Crippen LogP contribution in [0.5, 0.6) is 0 Å². The molecule has 1 atom stereocenters. The molecule has 0 bridgehead atoms. The van der Waals surface area contributed by atoms with Gasteiger partial charge in [0.25, 0.3) is 0 Å². The lowest BCUT2D eigenvalue weighted by Gasteiger charge is -2.20. The van der Waals surface area contributed by atoms with Crippen LogP contribution < -0.4 is 5.32 Å². The van der Waals surface area contributed by atoms with Gasteiger partial charge >= 0.3 is 0 Å². The number of likely N-dealkylation sites (N-methyl/N-ethyl adjacent to an activating group) is 1. The number of carbonyl (C=O) groups is 2. The Labute approximate surface area is 122 Å². The molecule has 0 aliphatic rings. The third-order valence-corrected chi connectivity index (χ3v) is 3.14. The maximum absolute atomic E-state index is 13.3. The summed E-state index contributed by atoms with van der Waals surface area (Å²) in [6, 6.07) is 3.65. The van der Waals surface area contributed by atoms with Crippen LogP contribution >= 0.6 is 11.6 Å². The van der Waals surface area contributed by atoms with Gasteiger partial charge in [0.1, 0.15) is 11.9 Å². The zero-order valence-corrected chi connectivity index (χ0v) is 12.5. The van der Waals surface area contributed by atoms with Gasteiger partial charge in [0.05, 0.1) is 11.4 Å². The van der Waals surface area contributed by atoms with Crippen molar-refractivity contribution in [2.45, 2.75) is 25.8 Å². The molecule has 20 heavy (non-hydrogen) atoms. The number of hydrogen-bond donors (Lipinski definition) is 1. The summed E-state index contributed by atoms with van der Waals surface area (Å²) in [5, 5.41) is 2.66.